The number of anilines is 1. The van der Waals surface area contributed by atoms with Crippen molar-refractivity contribution in [2.45, 2.75) is 13.0 Å². The van der Waals surface area contributed by atoms with E-state index in [1.807, 2.05) is 6.07 Å². The third-order valence-corrected chi connectivity index (χ3v) is 5.42. The normalized spacial score (nSPS) is 12.3. The van der Waals surface area contributed by atoms with Crippen LogP contribution in [0, 0.1) is 11.6 Å². The minimum absolute atomic E-state index is 0.0279. The summed E-state index contributed by atoms with van der Waals surface area (Å²) in [7, 11) is -3.73. The van der Waals surface area contributed by atoms with E-state index in [0.29, 0.717) is 17.3 Å². The molecular weight excluding hydrogens is 450 g/mol. The Hall–Kier alpha value is -3.72. The van der Waals surface area contributed by atoms with Crippen LogP contribution in [0.5, 0.6) is 5.75 Å². The second kappa shape index (κ2) is 10.7. The number of carbonyl (C=O) groups excluding carboxylic acids is 1. The van der Waals surface area contributed by atoms with Crippen LogP contribution >= 0.6 is 0 Å². The van der Waals surface area contributed by atoms with Crippen LogP contribution in [-0.2, 0) is 10.0 Å². The number of ether oxygens (including phenoxy) is 1. The van der Waals surface area contributed by atoms with Gasteiger partial charge in [-0.15, -0.1) is 0 Å². The molecule has 1 amide bonds. The molecule has 33 heavy (non-hydrogen) atoms. The molecule has 3 aromatic carbocycles. The Labute approximate surface area is 191 Å². The van der Waals surface area contributed by atoms with Gasteiger partial charge in [-0.2, -0.15) is 0 Å². The number of nitrogens with one attached hydrogen (secondary N) is 2. The molecule has 9 heteroatoms. The molecule has 172 valence electrons. The van der Waals surface area contributed by atoms with Gasteiger partial charge < -0.3 is 10.1 Å². The highest BCUT2D eigenvalue weighted by atomic mass is 32.2. The van der Waals surface area contributed by atoms with E-state index in [-0.39, 0.29) is 12.4 Å². The van der Waals surface area contributed by atoms with Gasteiger partial charge in [-0.1, -0.05) is 30.3 Å². The third kappa shape index (κ3) is 7.43. The lowest BCUT2D eigenvalue weighted by molar-refractivity contribution is 0.0926. The topological polar surface area (TPSA) is 84.5 Å². The minimum atomic E-state index is -3.73. The summed E-state index contributed by atoms with van der Waals surface area (Å²) in [6.07, 6.45) is 1.48. The first-order valence-corrected chi connectivity index (χ1v) is 11.5. The average molecular weight is 473 g/mol. The van der Waals surface area contributed by atoms with Gasteiger partial charge in [0.05, 0.1) is 11.4 Å². The van der Waals surface area contributed by atoms with Gasteiger partial charge in [0.25, 0.3) is 15.9 Å². The van der Waals surface area contributed by atoms with Crippen molar-refractivity contribution >= 4 is 27.7 Å². The lowest BCUT2D eigenvalue weighted by Gasteiger charge is -2.15. The summed E-state index contributed by atoms with van der Waals surface area (Å²) in [4.78, 5) is 12.4. The van der Waals surface area contributed by atoms with Gasteiger partial charge in [0.2, 0.25) is 0 Å². The Kier molecular flexibility index (Phi) is 7.78. The molecule has 0 radical (unpaired) electrons. The zero-order valence-corrected chi connectivity index (χ0v) is 18.5. The fourth-order valence-electron chi connectivity index (χ4n) is 2.78. The van der Waals surface area contributed by atoms with Crippen molar-refractivity contribution in [2.75, 3.05) is 11.3 Å². The van der Waals surface area contributed by atoms with Crippen LogP contribution in [-0.4, -0.2) is 27.0 Å². The number of hydrogen-bond acceptors (Lipinski definition) is 4. The van der Waals surface area contributed by atoms with Crippen molar-refractivity contribution < 1.29 is 26.7 Å². The predicted octanol–water partition coefficient (Wildman–Crippen LogP) is 4.57. The van der Waals surface area contributed by atoms with Gasteiger partial charge in [-0.05, 0) is 55.0 Å². The molecule has 0 aromatic heterocycles. The highest BCUT2D eigenvalue weighted by molar-refractivity contribution is 7.95. The Morgan fingerprint density at radius 1 is 1.03 bits per heavy atom. The second-order valence-corrected chi connectivity index (χ2v) is 8.76. The van der Waals surface area contributed by atoms with Gasteiger partial charge in [0.15, 0.2) is 11.6 Å². The number of amides is 1. The van der Waals surface area contributed by atoms with E-state index in [2.05, 4.69) is 10.0 Å². The van der Waals surface area contributed by atoms with Gasteiger partial charge in [-0.25, -0.2) is 17.2 Å². The SMILES string of the molecule is CC(COc1ccc(F)cc1F)NC(=O)c1ccc(NS(=O)(=O)/C=C/c2ccccc2)cc1. The molecule has 3 rings (SSSR count). The molecule has 0 bridgehead atoms. The van der Waals surface area contributed by atoms with E-state index in [1.54, 1.807) is 31.2 Å². The predicted molar refractivity (Wildman–Crippen MR) is 123 cm³/mol. The van der Waals surface area contributed by atoms with Crippen LogP contribution in [0.15, 0.2) is 78.2 Å². The van der Waals surface area contributed by atoms with E-state index in [4.69, 9.17) is 4.74 Å². The monoisotopic (exact) mass is 472 g/mol. The Morgan fingerprint density at radius 2 is 1.73 bits per heavy atom. The molecule has 6 nitrogen and oxygen atoms in total. The smallest absolute Gasteiger partial charge is 0.255 e. The molecule has 0 heterocycles. The van der Waals surface area contributed by atoms with Crippen LogP contribution < -0.4 is 14.8 Å². The van der Waals surface area contributed by atoms with Crippen LogP contribution in [0.2, 0.25) is 0 Å². The molecule has 0 saturated carbocycles. The number of hydrogen-bond donors (Lipinski definition) is 2. The summed E-state index contributed by atoms with van der Waals surface area (Å²) in [6, 6.07) is 17.4. The molecule has 1 unspecified atom stereocenters. The summed E-state index contributed by atoms with van der Waals surface area (Å²) in [5.41, 5.74) is 1.35. The molecule has 1 atom stereocenters. The van der Waals surface area contributed by atoms with Crippen LogP contribution in [0.1, 0.15) is 22.8 Å². The Bertz CT molecular complexity index is 1230. The zero-order valence-electron chi connectivity index (χ0n) is 17.7. The highest BCUT2D eigenvalue weighted by Crippen LogP contribution is 2.18. The van der Waals surface area contributed by atoms with Crippen molar-refractivity contribution in [2.24, 2.45) is 0 Å². The minimum Gasteiger partial charge on any atom is -0.488 e. The van der Waals surface area contributed by atoms with E-state index in [9.17, 15) is 22.0 Å². The van der Waals surface area contributed by atoms with E-state index in [1.165, 1.54) is 36.4 Å². The summed E-state index contributed by atoms with van der Waals surface area (Å²) < 4.78 is 58.7. The number of halogens is 2. The first kappa shape index (κ1) is 23.9. The van der Waals surface area contributed by atoms with Crippen molar-refractivity contribution in [3.05, 3.63) is 101 Å². The second-order valence-electron chi connectivity index (χ2n) is 7.20. The standard InChI is InChI=1S/C24H22F2N2O4S/c1-17(16-32-23-12-9-20(25)15-22(23)26)27-24(29)19-7-10-21(11-8-19)28-33(30,31)14-13-18-5-3-2-4-6-18/h2-15,17,28H,16H2,1H3,(H,27,29)/b14-13+. The van der Waals surface area contributed by atoms with Crippen LogP contribution in [0.4, 0.5) is 14.5 Å². The molecule has 3 aromatic rings. The number of carbonyl (C=O) groups is 1. The summed E-state index contributed by atoms with van der Waals surface area (Å²) in [6.45, 7) is 1.64. The molecule has 0 aliphatic carbocycles. The Balaban J connectivity index is 1.53. The lowest BCUT2D eigenvalue weighted by atomic mass is 10.2. The lowest BCUT2D eigenvalue weighted by Crippen LogP contribution is -2.36. The maximum Gasteiger partial charge on any atom is 0.255 e. The maximum absolute atomic E-state index is 13.6. The Morgan fingerprint density at radius 3 is 2.39 bits per heavy atom. The molecular formula is C24H22F2N2O4S. The maximum atomic E-state index is 13.6. The van der Waals surface area contributed by atoms with E-state index < -0.39 is 33.6 Å². The molecule has 0 spiro atoms. The number of benzene rings is 3. The molecule has 2 N–H and O–H groups in total. The molecule has 0 aliphatic rings. The first-order valence-electron chi connectivity index (χ1n) is 9.96. The number of sulfonamides is 1. The largest absolute Gasteiger partial charge is 0.488 e. The van der Waals surface area contributed by atoms with E-state index >= 15 is 0 Å². The number of rotatable bonds is 9. The van der Waals surface area contributed by atoms with Gasteiger partial charge in [0.1, 0.15) is 12.4 Å². The zero-order chi connectivity index (χ0) is 23.8. The molecule has 0 aliphatic heterocycles. The summed E-state index contributed by atoms with van der Waals surface area (Å²) >= 11 is 0. The molecule has 0 fully saturated rings. The van der Waals surface area contributed by atoms with Crippen molar-refractivity contribution in [1.82, 2.24) is 5.32 Å². The van der Waals surface area contributed by atoms with Crippen molar-refractivity contribution in [3.63, 3.8) is 0 Å². The first-order chi connectivity index (χ1) is 15.7. The van der Waals surface area contributed by atoms with E-state index in [0.717, 1.165) is 17.0 Å². The quantitative estimate of drug-likeness (QED) is 0.478. The summed E-state index contributed by atoms with van der Waals surface area (Å²) in [5, 5.41) is 3.76. The summed E-state index contributed by atoms with van der Waals surface area (Å²) in [5.74, 6) is -2.07. The average Bonchev–Trinajstić information content (AvgIpc) is 2.78. The molecule has 0 saturated heterocycles. The van der Waals surface area contributed by atoms with Crippen LogP contribution in [0.25, 0.3) is 6.08 Å². The van der Waals surface area contributed by atoms with Gasteiger partial charge in [0, 0.05) is 17.3 Å². The fraction of sp³-hybridized carbons (Fsp3) is 0.125. The van der Waals surface area contributed by atoms with Crippen LogP contribution in [0.3, 0.4) is 0 Å². The fourth-order valence-corrected chi connectivity index (χ4v) is 3.65. The van der Waals surface area contributed by atoms with Gasteiger partial charge in [-0.3, -0.25) is 9.52 Å². The van der Waals surface area contributed by atoms with Crippen molar-refractivity contribution in [3.8, 4) is 5.75 Å². The van der Waals surface area contributed by atoms with Crippen molar-refractivity contribution in [1.29, 1.82) is 0 Å². The third-order valence-electron chi connectivity index (χ3n) is 4.41. The highest BCUT2D eigenvalue weighted by Gasteiger charge is 2.13. The van der Waals surface area contributed by atoms with Gasteiger partial charge >= 0.3 is 0 Å².